The van der Waals surface area contributed by atoms with Crippen LogP contribution in [0.5, 0.6) is 11.5 Å². The Bertz CT molecular complexity index is 1200. The van der Waals surface area contributed by atoms with Crippen molar-refractivity contribution in [3.8, 4) is 17.6 Å². The van der Waals surface area contributed by atoms with Gasteiger partial charge in [0.1, 0.15) is 11.7 Å². The van der Waals surface area contributed by atoms with Gasteiger partial charge in [-0.2, -0.15) is 10.2 Å². The van der Waals surface area contributed by atoms with E-state index >= 15 is 0 Å². The van der Waals surface area contributed by atoms with E-state index < -0.39 is 17.7 Å². The van der Waals surface area contributed by atoms with Gasteiger partial charge in [-0.05, 0) is 42.9 Å². The highest BCUT2D eigenvalue weighted by Crippen LogP contribution is 2.42. The topological polar surface area (TPSA) is 129 Å². The molecule has 3 atom stereocenters. The Hall–Kier alpha value is -3.80. The molecule has 2 aromatic rings. The number of benzene rings is 1. The van der Waals surface area contributed by atoms with Crippen molar-refractivity contribution >= 4 is 17.7 Å². The lowest BCUT2D eigenvalue weighted by Crippen LogP contribution is -2.41. The van der Waals surface area contributed by atoms with Crippen LogP contribution in [-0.4, -0.2) is 29.1 Å². The number of nitriles is 1. The molecule has 3 N–H and O–H groups in total. The van der Waals surface area contributed by atoms with Crippen LogP contribution in [0, 0.1) is 23.2 Å². The highest BCUT2D eigenvalue weighted by Gasteiger charge is 2.43. The molecule has 1 aromatic carbocycles. The summed E-state index contributed by atoms with van der Waals surface area (Å²) in [6.45, 7) is 1.62. The smallest absolute Gasteiger partial charge is 0.257 e. The molecule has 0 radical (unpaired) electrons. The number of nitrogens with zero attached hydrogens (tertiary/aromatic N) is 2. The number of anilines is 2. The molecule has 1 amide bonds. The molecule has 3 unspecified atom stereocenters. The Balaban J connectivity index is 1.40. The van der Waals surface area contributed by atoms with Crippen LogP contribution < -0.4 is 25.7 Å². The van der Waals surface area contributed by atoms with E-state index in [1.807, 2.05) is 18.2 Å². The second-order valence-electron chi connectivity index (χ2n) is 8.53. The summed E-state index contributed by atoms with van der Waals surface area (Å²) < 4.78 is 11.4. The summed E-state index contributed by atoms with van der Waals surface area (Å²) in [6.07, 6.45) is 7.42. The van der Waals surface area contributed by atoms with Crippen molar-refractivity contribution < 1.29 is 14.3 Å². The summed E-state index contributed by atoms with van der Waals surface area (Å²) in [5.41, 5.74) is 0.989. The molecule has 0 saturated carbocycles. The highest BCUT2D eigenvalue weighted by molar-refractivity contribution is 5.97. The third kappa shape index (κ3) is 4.16. The third-order valence-corrected chi connectivity index (χ3v) is 6.40. The molecule has 1 aliphatic carbocycles. The molecule has 9 nitrogen and oxygen atoms in total. The van der Waals surface area contributed by atoms with Crippen LogP contribution in [0.15, 0.2) is 35.1 Å². The van der Waals surface area contributed by atoms with Crippen molar-refractivity contribution in [3.63, 3.8) is 0 Å². The molecule has 170 valence electrons. The number of H-pyrrole nitrogens is 1. The lowest BCUT2D eigenvalue weighted by Gasteiger charge is -2.34. The molecule has 9 heteroatoms. The van der Waals surface area contributed by atoms with Crippen LogP contribution in [0.4, 0.5) is 11.8 Å². The number of aromatic amines is 1. The summed E-state index contributed by atoms with van der Waals surface area (Å²) in [7, 11) is 0. The molecule has 0 saturated heterocycles. The molecule has 33 heavy (non-hydrogen) atoms. The van der Waals surface area contributed by atoms with E-state index in [1.165, 1.54) is 0 Å². The number of rotatable bonds is 4. The van der Waals surface area contributed by atoms with Crippen molar-refractivity contribution in [1.82, 2.24) is 9.97 Å². The van der Waals surface area contributed by atoms with E-state index in [4.69, 9.17) is 9.47 Å². The van der Waals surface area contributed by atoms with E-state index in [0.717, 1.165) is 37.0 Å². The third-order valence-electron chi connectivity index (χ3n) is 6.40. The van der Waals surface area contributed by atoms with Gasteiger partial charge >= 0.3 is 0 Å². The normalized spacial score (nSPS) is 23.6. The second-order valence-corrected chi connectivity index (χ2v) is 8.53. The summed E-state index contributed by atoms with van der Waals surface area (Å²) in [5.74, 6) is 0.158. The van der Waals surface area contributed by atoms with Gasteiger partial charge in [0, 0.05) is 18.9 Å². The zero-order chi connectivity index (χ0) is 22.8. The average molecular weight is 447 g/mol. The SMILES string of the molecule is N#CC1C(=O)Nc2nc(NCc3ccc4c(c3)OCCCO4)[nH]c(=O)c2C1C1CC=CCC1. The molecule has 1 aromatic heterocycles. The maximum absolute atomic E-state index is 13.1. The number of hydrogen-bond acceptors (Lipinski definition) is 7. The van der Waals surface area contributed by atoms with E-state index in [2.05, 4.69) is 38.8 Å². The van der Waals surface area contributed by atoms with Gasteiger partial charge in [0.2, 0.25) is 11.9 Å². The predicted octanol–water partition coefficient (Wildman–Crippen LogP) is 3.08. The first-order chi connectivity index (χ1) is 16.1. The Morgan fingerprint density at radius 2 is 2.03 bits per heavy atom. The number of allylic oxidation sites excluding steroid dienone is 2. The maximum Gasteiger partial charge on any atom is 0.257 e. The lowest BCUT2D eigenvalue weighted by molar-refractivity contribution is -0.119. The maximum atomic E-state index is 13.1. The number of carbonyl (C=O) groups excluding carboxylic acids is 1. The zero-order valence-electron chi connectivity index (χ0n) is 18.1. The molecule has 2 aliphatic heterocycles. The zero-order valence-corrected chi connectivity index (χ0v) is 18.1. The standard InChI is InChI=1S/C24H25N5O4/c25-12-16-19(15-5-2-1-3-6-15)20-21(27-22(16)30)28-24(29-23(20)31)26-13-14-7-8-17-18(11-14)33-10-4-9-32-17/h1-2,7-8,11,15-16,19H,3-6,9-10,13H2,(H3,26,27,28,29,30,31). The molecule has 0 bridgehead atoms. The van der Waals surface area contributed by atoms with Crippen LogP contribution in [0.1, 0.15) is 42.7 Å². The van der Waals surface area contributed by atoms with Crippen molar-refractivity contribution in [2.45, 2.75) is 38.1 Å². The van der Waals surface area contributed by atoms with Crippen LogP contribution in [0.25, 0.3) is 0 Å². The average Bonchev–Trinajstić information content (AvgIpc) is 3.07. The number of ether oxygens (including phenoxy) is 2. The molecule has 3 aliphatic rings. The van der Waals surface area contributed by atoms with Crippen LogP contribution in [-0.2, 0) is 11.3 Å². The Morgan fingerprint density at radius 3 is 2.82 bits per heavy atom. The van der Waals surface area contributed by atoms with Crippen LogP contribution >= 0.6 is 0 Å². The van der Waals surface area contributed by atoms with E-state index in [9.17, 15) is 14.9 Å². The van der Waals surface area contributed by atoms with Crippen molar-refractivity contribution in [1.29, 1.82) is 5.26 Å². The van der Waals surface area contributed by atoms with Gasteiger partial charge in [-0.1, -0.05) is 18.2 Å². The first-order valence-corrected chi connectivity index (χ1v) is 11.3. The molecule has 0 fully saturated rings. The molecular weight excluding hydrogens is 422 g/mol. The quantitative estimate of drug-likeness (QED) is 0.614. The predicted molar refractivity (Wildman–Crippen MR) is 121 cm³/mol. The Kier molecular flexibility index (Phi) is 5.73. The molecular formula is C24H25N5O4. The highest BCUT2D eigenvalue weighted by atomic mass is 16.5. The lowest BCUT2D eigenvalue weighted by atomic mass is 9.71. The Labute approximate surface area is 190 Å². The number of carbonyl (C=O) groups is 1. The van der Waals surface area contributed by atoms with Gasteiger partial charge in [-0.15, -0.1) is 0 Å². The van der Waals surface area contributed by atoms with Crippen molar-refractivity contribution in [3.05, 3.63) is 51.8 Å². The minimum atomic E-state index is -0.905. The molecule has 3 heterocycles. The van der Waals surface area contributed by atoms with Gasteiger partial charge in [0.25, 0.3) is 5.56 Å². The van der Waals surface area contributed by atoms with Gasteiger partial charge in [-0.3, -0.25) is 14.6 Å². The number of fused-ring (bicyclic) bond motifs is 2. The summed E-state index contributed by atoms with van der Waals surface area (Å²) in [6, 6.07) is 7.79. The summed E-state index contributed by atoms with van der Waals surface area (Å²) in [4.78, 5) is 33.0. The van der Waals surface area contributed by atoms with Gasteiger partial charge in [-0.25, -0.2) is 0 Å². The summed E-state index contributed by atoms with van der Waals surface area (Å²) in [5, 5.41) is 15.4. The molecule has 0 spiro atoms. The molecule has 5 rings (SSSR count). The Morgan fingerprint density at radius 1 is 1.18 bits per heavy atom. The minimum Gasteiger partial charge on any atom is -0.490 e. The van der Waals surface area contributed by atoms with Crippen molar-refractivity contribution in [2.75, 3.05) is 23.8 Å². The fourth-order valence-corrected chi connectivity index (χ4v) is 4.79. The number of amides is 1. The van der Waals surface area contributed by atoms with Crippen molar-refractivity contribution in [2.24, 2.45) is 11.8 Å². The first-order valence-electron chi connectivity index (χ1n) is 11.3. The fraction of sp³-hybridized carbons (Fsp3) is 0.417. The van der Waals surface area contributed by atoms with Crippen LogP contribution in [0.3, 0.4) is 0 Å². The van der Waals surface area contributed by atoms with E-state index in [-0.39, 0.29) is 23.2 Å². The second kappa shape index (κ2) is 8.98. The van der Waals surface area contributed by atoms with Gasteiger partial charge < -0.3 is 20.1 Å². The van der Waals surface area contributed by atoms with Crippen LogP contribution in [0.2, 0.25) is 0 Å². The monoisotopic (exact) mass is 447 g/mol. The van der Waals surface area contributed by atoms with Gasteiger partial charge in [0.05, 0.1) is 24.8 Å². The van der Waals surface area contributed by atoms with E-state index in [1.54, 1.807) is 0 Å². The largest absolute Gasteiger partial charge is 0.490 e. The van der Waals surface area contributed by atoms with Gasteiger partial charge in [0.15, 0.2) is 11.5 Å². The summed E-state index contributed by atoms with van der Waals surface area (Å²) >= 11 is 0. The number of aromatic nitrogens is 2. The number of nitrogens with one attached hydrogen (secondary N) is 3. The van der Waals surface area contributed by atoms with E-state index in [0.29, 0.717) is 31.1 Å². The first kappa shape index (κ1) is 21.1. The number of hydrogen-bond donors (Lipinski definition) is 3. The fourth-order valence-electron chi connectivity index (χ4n) is 4.79. The minimum absolute atomic E-state index is 0.0490.